The van der Waals surface area contributed by atoms with Gasteiger partial charge in [0, 0.05) is 17.7 Å². The topological polar surface area (TPSA) is 125 Å². The van der Waals surface area contributed by atoms with E-state index in [4.69, 9.17) is 14.9 Å². The van der Waals surface area contributed by atoms with E-state index in [1.54, 1.807) is 18.2 Å². The monoisotopic (exact) mass is 381 g/mol. The van der Waals surface area contributed by atoms with Gasteiger partial charge in [0.05, 0.1) is 6.42 Å². The van der Waals surface area contributed by atoms with E-state index >= 15 is 0 Å². The standard InChI is InChI=1S/C20H19N3O5/c1-12(20(26)22-14-8-6-13(7-9-14)19(21)25)27-18(24)11-10-17-23-15-4-2-3-5-16(15)28-17/h2-9,12H,10-11H2,1H3,(H2,21,25)(H,22,26)/t12-/m0/s1. The number of para-hydroxylation sites is 2. The van der Waals surface area contributed by atoms with Crippen LogP contribution in [0.1, 0.15) is 29.6 Å². The largest absolute Gasteiger partial charge is 0.453 e. The Bertz CT molecular complexity index is 977. The number of nitrogens with zero attached hydrogens (tertiary/aromatic N) is 1. The molecule has 0 unspecified atom stereocenters. The number of hydrogen-bond acceptors (Lipinski definition) is 6. The van der Waals surface area contributed by atoms with Crippen molar-refractivity contribution >= 4 is 34.6 Å². The number of rotatable bonds is 7. The van der Waals surface area contributed by atoms with Crippen LogP contribution in [-0.2, 0) is 20.7 Å². The van der Waals surface area contributed by atoms with Gasteiger partial charge in [-0.1, -0.05) is 12.1 Å². The van der Waals surface area contributed by atoms with Crippen LogP contribution in [-0.4, -0.2) is 28.9 Å². The van der Waals surface area contributed by atoms with Gasteiger partial charge in [0.15, 0.2) is 17.6 Å². The van der Waals surface area contributed by atoms with Crippen LogP contribution < -0.4 is 11.1 Å². The van der Waals surface area contributed by atoms with Gasteiger partial charge in [-0.25, -0.2) is 4.98 Å². The Kier molecular flexibility index (Phi) is 5.69. The summed E-state index contributed by atoms with van der Waals surface area (Å²) in [4.78, 5) is 39.5. The number of anilines is 1. The molecule has 0 radical (unpaired) electrons. The molecule has 2 aromatic carbocycles. The van der Waals surface area contributed by atoms with E-state index in [1.165, 1.54) is 19.1 Å². The van der Waals surface area contributed by atoms with Gasteiger partial charge in [0.25, 0.3) is 5.91 Å². The van der Waals surface area contributed by atoms with Gasteiger partial charge in [0.1, 0.15) is 5.52 Å². The van der Waals surface area contributed by atoms with Crippen LogP contribution in [0.15, 0.2) is 52.9 Å². The first kappa shape index (κ1) is 19.1. The molecule has 3 aromatic rings. The quantitative estimate of drug-likeness (QED) is 0.606. The van der Waals surface area contributed by atoms with Gasteiger partial charge < -0.3 is 20.2 Å². The van der Waals surface area contributed by atoms with Crippen molar-refractivity contribution < 1.29 is 23.5 Å². The number of fused-ring (bicyclic) bond motifs is 1. The molecule has 0 fully saturated rings. The molecule has 1 aromatic heterocycles. The highest BCUT2D eigenvalue weighted by molar-refractivity contribution is 5.96. The lowest BCUT2D eigenvalue weighted by atomic mass is 10.2. The van der Waals surface area contributed by atoms with Gasteiger partial charge in [-0.2, -0.15) is 0 Å². The number of carbonyl (C=O) groups is 3. The van der Waals surface area contributed by atoms with Crippen LogP contribution in [0.3, 0.4) is 0 Å². The number of aryl methyl sites for hydroxylation is 1. The summed E-state index contributed by atoms with van der Waals surface area (Å²) in [6.45, 7) is 1.48. The number of nitrogens with one attached hydrogen (secondary N) is 1. The smallest absolute Gasteiger partial charge is 0.307 e. The number of esters is 1. The van der Waals surface area contributed by atoms with Crippen molar-refractivity contribution in [1.29, 1.82) is 0 Å². The number of ether oxygens (including phenoxy) is 1. The Hall–Kier alpha value is -3.68. The SMILES string of the molecule is C[C@H](OC(=O)CCc1nc2ccccc2o1)C(=O)Nc1ccc(C(N)=O)cc1. The predicted molar refractivity (Wildman–Crippen MR) is 101 cm³/mol. The van der Waals surface area contributed by atoms with Crippen LogP contribution >= 0.6 is 0 Å². The fourth-order valence-corrected chi connectivity index (χ4v) is 2.51. The summed E-state index contributed by atoms with van der Waals surface area (Å²) >= 11 is 0. The van der Waals surface area contributed by atoms with Crippen molar-refractivity contribution in [2.75, 3.05) is 5.32 Å². The summed E-state index contributed by atoms with van der Waals surface area (Å²) in [5.74, 6) is -1.14. The third-order valence-electron chi connectivity index (χ3n) is 4.00. The maximum atomic E-state index is 12.1. The van der Waals surface area contributed by atoms with Gasteiger partial charge in [-0.3, -0.25) is 14.4 Å². The highest BCUT2D eigenvalue weighted by atomic mass is 16.5. The minimum Gasteiger partial charge on any atom is -0.453 e. The molecule has 0 aliphatic rings. The number of primary amides is 1. The van der Waals surface area contributed by atoms with E-state index in [0.29, 0.717) is 22.7 Å². The molecule has 144 valence electrons. The van der Waals surface area contributed by atoms with E-state index in [1.807, 2.05) is 18.2 Å². The lowest BCUT2D eigenvalue weighted by Crippen LogP contribution is -2.30. The van der Waals surface area contributed by atoms with E-state index in [2.05, 4.69) is 10.3 Å². The summed E-state index contributed by atoms with van der Waals surface area (Å²) in [6.07, 6.45) is -0.666. The number of benzene rings is 2. The fourth-order valence-electron chi connectivity index (χ4n) is 2.51. The normalized spacial score (nSPS) is 11.8. The van der Waals surface area contributed by atoms with Crippen molar-refractivity contribution in [2.24, 2.45) is 5.73 Å². The first-order chi connectivity index (χ1) is 13.4. The minimum atomic E-state index is -0.980. The molecule has 2 amide bonds. The average molecular weight is 381 g/mol. The lowest BCUT2D eigenvalue weighted by Gasteiger charge is -2.13. The van der Waals surface area contributed by atoms with Gasteiger partial charge >= 0.3 is 5.97 Å². The molecule has 3 rings (SSSR count). The zero-order chi connectivity index (χ0) is 20.1. The maximum absolute atomic E-state index is 12.1. The molecule has 0 saturated carbocycles. The Morgan fingerprint density at radius 1 is 1.14 bits per heavy atom. The van der Waals surface area contributed by atoms with Crippen molar-refractivity contribution in [2.45, 2.75) is 25.9 Å². The third kappa shape index (κ3) is 4.73. The number of amides is 2. The van der Waals surface area contributed by atoms with Crippen LogP contribution in [0.4, 0.5) is 5.69 Å². The molecule has 1 heterocycles. The van der Waals surface area contributed by atoms with Crippen molar-refractivity contribution in [3.05, 3.63) is 60.0 Å². The summed E-state index contributed by atoms with van der Waals surface area (Å²) in [5.41, 5.74) is 7.34. The lowest BCUT2D eigenvalue weighted by molar-refractivity contribution is -0.153. The highest BCUT2D eigenvalue weighted by Gasteiger charge is 2.18. The first-order valence-electron chi connectivity index (χ1n) is 8.67. The second kappa shape index (κ2) is 8.34. The number of oxazole rings is 1. The molecule has 0 bridgehead atoms. The molecular weight excluding hydrogens is 362 g/mol. The van der Waals surface area contributed by atoms with Crippen molar-refractivity contribution in [3.8, 4) is 0 Å². The van der Waals surface area contributed by atoms with Crippen LogP contribution in [0.25, 0.3) is 11.1 Å². The second-order valence-corrected chi connectivity index (χ2v) is 6.14. The fraction of sp³-hybridized carbons (Fsp3) is 0.200. The zero-order valence-electron chi connectivity index (χ0n) is 15.2. The van der Waals surface area contributed by atoms with Crippen molar-refractivity contribution in [3.63, 3.8) is 0 Å². The molecule has 0 aliphatic carbocycles. The number of aromatic nitrogens is 1. The molecule has 0 aliphatic heterocycles. The van der Waals surface area contributed by atoms with Crippen LogP contribution in [0, 0.1) is 0 Å². The van der Waals surface area contributed by atoms with E-state index in [9.17, 15) is 14.4 Å². The van der Waals surface area contributed by atoms with E-state index in [0.717, 1.165) is 5.52 Å². The summed E-state index contributed by atoms with van der Waals surface area (Å²) in [7, 11) is 0. The Labute approximate surface area is 160 Å². The molecule has 0 spiro atoms. The minimum absolute atomic E-state index is 0.0394. The third-order valence-corrected chi connectivity index (χ3v) is 4.00. The van der Waals surface area contributed by atoms with Crippen molar-refractivity contribution in [1.82, 2.24) is 4.98 Å². The molecule has 8 nitrogen and oxygen atoms in total. The number of carbonyl (C=O) groups excluding carboxylic acids is 3. The molecule has 28 heavy (non-hydrogen) atoms. The summed E-state index contributed by atoms with van der Waals surface area (Å²) in [6, 6.07) is 13.4. The van der Waals surface area contributed by atoms with Gasteiger partial charge in [0.2, 0.25) is 5.91 Å². The predicted octanol–water partition coefficient (Wildman–Crippen LogP) is 2.43. The maximum Gasteiger partial charge on any atom is 0.307 e. The summed E-state index contributed by atoms with van der Waals surface area (Å²) < 4.78 is 10.7. The zero-order valence-corrected chi connectivity index (χ0v) is 15.2. The van der Waals surface area contributed by atoms with Crippen LogP contribution in [0.5, 0.6) is 0 Å². The summed E-state index contributed by atoms with van der Waals surface area (Å²) in [5, 5.41) is 2.61. The number of hydrogen-bond donors (Lipinski definition) is 2. The van der Waals surface area contributed by atoms with E-state index < -0.39 is 23.9 Å². The first-order valence-corrected chi connectivity index (χ1v) is 8.67. The Morgan fingerprint density at radius 3 is 2.54 bits per heavy atom. The number of nitrogens with two attached hydrogens (primary N) is 1. The Morgan fingerprint density at radius 2 is 1.86 bits per heavy atom. The molecular formula is C20H19N3O5. The molecule has 3 N–H and O–H groups in total. The highest BCUT2D eigenvalue weighted by Crippen LogP contribution is 2.16. The van der Waals surface area contributed by atoms with E-state index in [-0.39, 0.29) is 12.8 Å². The van der Waals surface area contributed by atoms with Crippen LogP contribution in [0.2, 0.25) is 0 Å². The van der Waals surface area contributed by atoms with Gasteiger partial charge in [-0.05, 0) is 43.3 Å². The molecule has 0 saturated heterocycles. The Balaban J connectivity index is 1.48. The molecule has 8 heteroatoms. The second-order valence-electron chi connectivity index (χ2n) is 6.14. The average Bonchev–Trinajstić information content (AvgIpc) is 3.09. The molecule has 1 atom stereocenters. The van der Waals surface area contributed by atoms with Gasteiger partial charge in [-0.15, -0.1) is 0 Å².